The van der Waals surface area contributed by atoms with Crippen LogP contribution >= 0.6 is 0 Å². The maximum absolute atomic E-state index is 10.6. The fourth-order valence-corrected chi connectivity index (χ4v) is 1.48. The normalized spacial score (nSPS) is 9.73. The summed E-state index contributed by atoms with van der Waals surface area (Å²) in [5.41, 5.74) is 0. The van der Waals surface area contributed by atoms with Crippen LogP contribution < -0.4 is 0 Å². The SMILES string of the molecule is O=C(O)CN(CCN(CC(=O)O)CC(=O)O)CC(=O)O.[Eu].[Gd]. The van der Waals surface area contributed by atoms with Crippen molar-refractivity contribution in [3.63, 3.8) is 0 Å². The maximum Gasteiger partial charge on any atom is 0.317 e. The zero-order valence-corrected chi connectivity index (χ0v) is 16.0. The van der Waals surface area contributed by atoms with Crippen LogP contribution in [0, 0.1) is 89.3 Å². The van der Waals surface area contributed by atoms with Crippen molar-refractivity contribution in [2.75, 3.05) is 39.3 Å². The molecule has 0 saturated heterocycles. The first-order valence-electron chi connectivity index (χ1n) is 5.52. The summed E-state index contributed by atoms with van der Waals surface area (Å²) in [7, 11) is 0. The van der Waals surface area contributed by atoms with Crippen molar-refractivity contribution in [3.05, 3.63) is 0 Å². The van der Waals surface area contributed by atoms with Gasteiger partial charge in [0.15, 0.2) is 0 Å². The first kappa shape index (κ1) is 27.6. The van der Waals surface area contributed by atoms with Crippen LogP contribution in [0.15, 0.2) is 0 Å². The Morgan fingerprint density at radius 3 is 0.909 bits per heavy atom. The average Bonchev–Trinajstić information content (AvgIpc) is 2.22. The molecular formula is C10H16EuGdN2O8. The Bertz CT molecular complexity index is 327. The molecule has 0 aromatic heterocycles. The molecule has 0 aliphatic heterocycles. The summed E-state index contributed by atoms with van der Waals surface area (Å²) in [4.78, 5) is 44.4. The van der Waals surface area contributed by atoms with E-state index in [2.05, 4.69) is 0 Å². The molecule has 0 rings (SSSR count). The first-order valence-corrected chi connectivity index (χ1v) is 5.52. The molecule has 22 heavy (non-hydrogen) atoms. The van der Waals surface area contributed by atoms with Crippen molar-refractivity contribution in [1.29, 1.82) is 0 Å². The third-order valence-corrected chi connectivity index (χ3v) is 2.17. The molecule has 0 bridgehead atoms. The number of carboxylic acid groups (broad SMARTS) is 4. The predicted octanol–water partition coefficient (Wildman–Crippen LogP) is -2.07. The van der Waals surface area contributed by atoms with Gasteiger partial charge in [0.2, 0.25) is 0 Å². The van der Waals surface area contributed by atoms with E-state index < -0.39 is 50.1 Å². The van der Waals surface area contributed by atoms with E-state index in [9.17, 15) is 19.2 Å². The van der Waals surface area contributed by atoms with Crippen LogP contribution in [0.1, 0.15) is 0 Å². The first-order chi connectivity index (χ1) is 9.20. The third-order valence-electron chi connectivity index (χ3n) is 2.17. The van der Waals surface area contributed by atoms with Gasteiger partial charge in [-0.05, 0) is 0 Å². The topological polar surface area (TPSA) is 156 Å². The van der Waals surface area contributed by atoms with Crippen molar-refractivity contribution in [2.45, 2.75) is 0 Å². The monoisotopic (exact) mass is 603 g/mol. The number of hydrogen-bond donors (Lipinski definition) is 4. The van der Waals surface area contributed by atoms with Crippen molar-refractivity contribution in [1.82, 2.24) is 9.80 Å². The summed E-state index contributed by atoms with van der Waals surface area (Å²) < 4.78 is 0. The molecule has 0 aliphatic carbocycles. The zero-order valence-electron chi connectivity index (χ0n) is 11.3. The molecule has 0 atom stereocenters. The molecule has 4 N–H and O–H groups in total. The van der Waals surface area contributed by atoms with E-state index in [1.165, 1.54) is 0 Å². The molecule has 0 aromatic carbocycles. The van der Waals surface area contributed by atoms with Gasteiger partial charge >= 0.3 is 23.9 Å². The van der Waals surface area contributed by atoms with Gasteiger partial charge in [-0.3, -0.25) is 29.0 Å². The molecule has 0 saturated carbocycles. The van der Waals surface area contributed by atoms with E-state index >= 15 is 0 Å². The minimum absolute atomic E-state index is 0. The molecule has 12 heteroatoms. The molecule has 1 radical (unpaired) electrons. The smallest absolute Gasteiger partial charge is 0.317 e. The van der Waals surface area contributed by atoms with E-state index in [0.717, 1.165) is 9.80 Å². The van der Waals surface area contributed by atoms with E-state index in [-0.39, 0.29) is 102 Å². The van der Waals surface area contributed by atoms with Crippen LogP contribution in [0.4, 0.5) is 0 Å². The molecule has 0 heterocycles. The Hall–Kier alpha value is 0.709. The number of carboxylic acids is 4. The van der Waals surface area contributed by atoms with Gasteiger partial charge < -0.3 is 20.4 Å². The van der Waals surface area contributed by atoms with Gasteiger partial charge in [-0.25, -0.2) is 0 Å². The predicted molar refractivity (Wildman–Crippen MR) is 63.4 cm³/mol. The molecular weight excluding hydrogens is 585 g/mol. The Kier molecular flexibility index (Phi) is 19.1. The van der Waals surface area contributed by atoms with Gasteiger partial charge in [-0.1, -0.05) is 0 Å². The summed E-state index contributed by atoms with van der Waals surface area (Å²) in [5.74, 6) is -4.91. The quantitative estimate of drug-likeness (QED) is 0.208. The third kappa shape index (κ3) is 17.1. The number of carbonyl (C=O) groups is 4. The molecule has 0 spiro atoms. The second-order valence-electron chi connectivity index (χ2n) is 4.00. The number of hydrogen-bond acceptors (Lipinski definition) is 6. The van der Waals surface area contributed by atoms with Gasteiger partial charge in [0, 0.05) is 102 Å². The summed E-state index contributed by atoms with van der Waals surface area (Å²) in [6, 6.07) is 0. The van der Waals surface area contributed by atoms with E-state index in [0.29, 0.717) is 0 Å². The maximum atomic E-state index is 10.6. The van der Waals surface area contributed by atoms with Gasteiger partial charge in [-0.15, -0.1) is 0 Å². The second-order valence-corrected chi connectivity index (χ2v) is 4.00. The summed E-state index contributed by atoms with van der Waals surface area (Å²) in [6.07, 6.45) is 0. The van der Waals surface area contributed by atoms with Crippen LogP contribution in [0.5, 0.6) is 0 Å². The Morgan fingerprint density at radius 2 is 0.773 bits per heavy atom. The molecule has 0 unspecified atom stereocenters. The van der Waals surface area contributed by atoms with Crippen molar-refractivity contribution in [2.24, 2.45) is 0 Å². The van der Waals surface area contributed by atoms with Gasteiger partial charge in [0.25, 0.3) is 0 Å². The molecule has 10 nitrogen and oxygen atoms in total. The number of rotatable bonds is 11. The largest absolute Gasteiger partial charge is 0.480 e. The zero-order chi connectivity index (χ0) is 15.7. The molecule has 0 aliphatic rings. The van der Waals surface area contributed by atoms with Gasteiger partial charge in [-0.2, -0.15) is 0 Å². The summed E-state index contributed by atoms with van der Waals surface area (Å²) in [5, 5.41) is 34.5. The van der Waals surface area contributed by atoms with E-state index in [1.807, 2.05) is 0 Å². The van der Waals surface area contributed by atoms with E-state index in [1.54, 1.807) is 0 Å². The molecule has 129 valence electrons. The molecule has 0 aromatic rings. The van der Waals surface area contributed by atoms with Crippen LogP contribution in [-0.2, 0) is 19.2 Å². The number of nitrogens with zero attached hydrogens (tertiary/aromatic N) is 2. The Morgan fingerprint density at radius 1 is 0.591 bits per heavy atom. The second kappa shape index (κ2) is 15.2. The van der Waals surface area contributed by atoms with Crippen molar-refractivity contribution >= 4 is 23.9 Å². The Balaban J connectivity index is -0.00000180. The van der Waals surface area contributed by atoms with Crippen molar-refractivity contribution in [3.8, 4) is 0 Å². The summed E-state index contributed by atoms with van der Waals surface area (Å²) in [6.45, 7) is -2.25. The Labute approximate surface area is 199 Å². The van der Waals surface area contributed by atoms with Crippen molar-refractivity contribution < 1.29 is 129 Å². The average molecular weight is 601 g/mol. The summed E-state index contributed by atoms with van der Waals surface area (Å²) >= 11 is 0. The molecule has 0 fully saturated rings. The fraction of sp³-hybridized carbons (Fsp3) is 0.600. The van der Waals surface area contributed by atoms with Crippen LogP contribution in [0.2, 0.25) is 0 Å². The van der Waals surface area contributed by atoms with Crippen LogP contribution in [-0.4, -0.2) is 93.4 Å². The van der Waals surface area contributed by atoms with Crippen LogP contribution in [0.25, 0.3) is 0 Å². The van der Waals surface area contributed by atoms with Gasteiger partial charge in [0.1, 0.15) is 0 Å². The fourth-order valence-electron chi connectivity index (χ4n) is 1.48. The minimum atomic E-state index is -1.23. The minimum Gasteiger partial charge on any atom is -0.480 e. The number of aliphatic carboxylic acids is 4. The molecule has 0 amide bonds. The standard InChI is InChI=1S/C10H16N2O8.Eu.Gd/c13-7(14)3-11(4-8(15)16)1-2-12(5-9(17)18)6-10(19)20;;/h1-6H2,(H,13,14)(H,15,16)(H,17,18)(H,19,20);;. The van der Waals surface area contributed by atoms with Gasteiger partial charge in [0.05, 0.1) is 26.2 Å². The van der Waals surface area contributed by atoms with Crippen LogP contribution in [0.3, 0.4) is 0 Å². The van der Waals surface area contributed by atoms with E-state index in [4.69, 9.17) is 20.4 Å².